The number of nitrogens with one attached hydrogen (secondary N) is 1. The van der Waals surface area contributed by atoms with E-state index in [1.54, 1.807) is 12.3 Å². The molecule has 0 saturated heterocycles. The van der Waals surface area contributed by atoms with Gasteiger partial charge in [-0.2, -0.15) is 0 Å². The minimum absolute atomic E-state index is 0.190. The van der Waals surface area contributed by atoms with Gasteiger partial charge >= 0.3 is 0 Å². The molecule has 2 aromatic rings. The molecule has 1 N–H and O–H groups in total. The number of thiophene rings is 1. The molecular weight excluding hydrogens is 324 g/mol. The first-order chi connectivity index (χ1) is 8.09. The quantitative estimate of drug-likeness (QED) is 0.841. The molecule has 2 aromatic heterocycles. The second-order valence-electron chi connectivity index (χ2n) is 3.35. The average Bonchev–Trinajstić information content (AvgIpc) is 2.70. The summed E-state index contributed by atoms with van der Waals surface area (Å²) in [4.78, 5) is 16.5. The average molecular weight is 332 g/mol. The Morgan fingerprint density at radius 2 is 2.29 bits per heavy atom. The maximum Gasteiger partial charge on any atom is 0.266 e. The minimum atomic E-state index is -0.190. The molecule has 0 bridgehead atoms. The number of carbonyl (C=O) groups is 1. The van der Waals surface area contributed by atoms with E-state index in [0.29, 0.717) is 15.7 Å². The Kier molecular flexibility index (Phi) is 3.81. The van der Waals surface area contributed by atoms with E-state index in [2.05, 4.69) is 26.2 Å². The van der Waals surface area contributed by atoms with Gasteiger partial charge in [0.25, 0.3) is 5.91 Å². The monoisotopic (exact) mass is 330 g/mol. The number of hydrogen-bond donors (Lipinski definition) is 1. The zero-order valence-corrected chi connectivity index (χ0v) is 12.0. The van der Waals surface area contributed by atoms with Crippen molar-refractivity contribution in [1.82, 2.24) is 4.98 Å². The van der Waals surface area contributed by atoms with Crippen molar-refractivity contribution in [1.29, 1.82) is 0 Å². The van der Waals surface area contributed by atoms with Crippen molar-refractivity contribution in [2.75, 3.05) is 5.32 Å². The number of aryl methyl sites for hydroxylation is 1. The number of carbonyl (C=O) groups excluding carboxylic acids is 1. The molecule has 1 amide bonds. The molecule has 88 valence electrons. The summed E-state index contributed by atoms with van der Waals surface area (Å²) < 4.78 is 0.776. The Hall–Kier alpha value is -0.910. The van der Waals surface area contributed by atoms with Crippen LogP contribution in [-0.4, -0.2) is 10.9 Å². The van der Waals surface area contributed by atoms with Crippen molar-refractivity contribution in [2.24, 2.45) is 0 Å². The maximum atomic E-state index is 12.0. The van der Waals surface area contributed by atoms with Crippen molar-refractivity contribution in [3.8, 4) is 0 Å². The molecule has 0 aliphatic carbocycles. The predicted molar refractivity (Wildman–Crippen MR) is 74.0 cm³/mol. The summed E-state index contributed by atoms with van der Waals surface area (Å²) in [6, 6.07) is 3.63. The van der Waals surface area contributed by atoms with Crippen molar-refractivity contribution >= 4 is 50.5 Å². The molecule has 6 heteroatoms. The van der Waals surface area contributed by atoms with Crippen LogP contribution in [-0.2, 0) is 0 Å². The van der Waals surface area contributed by atoms with Crippen LogP contribution in [0.3, 0.4) is 0 Å². The number of amides is 1. The third-order valence-electron chi connectivity index (χ3n) is 2.17. The van der Waals surface area contributed by atoms with Gasteiger partial charge in [0.15, 0.2) is 5.15 Å². The van der Waals surface area contributed by atoms with Crippen LogP contribution in [0, 0.1) is 6.92 Å². The zero-order valence-electron chi connectivity index (χ0n) is 8.83. The standard InChI is InChI=1S/C11H8BrClN2OS/c1-6-2-4-14-10(13)8(6)15-11(16)9-7(12)3-5-17-9/h2-5H,1H3,(H,15,16). The fourth-order valence-corrected chi connectivity index (χ4v) is 3.00. The van der Waals surface area contributed by atoms with Crippen molar-refractivity contribution in [3.05, 3.63) is 43.8 Å². The lowest BCUT2D eigenvalue weighted by Crippen LogP contribution is -2.12. The molecule has 0 fully saturated rings. The van der Waals surface area contributed by atoms with Gasteiger partial charge in [-0.25, -0.2) is 4.98 Å². The van der Waals surface area contributed by atoms with Gasteiger partial charge in [-0.3, -0.25) is 4.79 Å². The lowest BCUT2D eigenvalue weighted by molar-refractivity contribution is 0.103. The van der Waals surface area contributed by atoms with Crippen LogP contribution < -0.4 is 5.32 Å². The van der Waals surface area contributed by atoms with Crippen LogP contribution in [0.4, 0.5) is 5.69 Å². The molecule has 0 saturated carbocycles. The minimum Gasteiger partial charge on any atom is -0.318 e. The Bertz CT molecular complexity index is 550. The third kappa shape index (κ3) is 2.68. The van der Waals surface area contributed by atoms with Crippen LogP contribution in [0.15, 0.2) is 28.2 Å². The topological polar surface area (TPSA) is 42.0 Å². The summed E-state index contributed by atoms with van der Waals surface area (Å²) in [6.07, 6.45) is 1.61. The molecule has 0 radical (unpaired) electrons. The SMILES string of the molecule is Cc1ccnc(Cl)c1NC(=O)c1sccc1Br. The smallest absolute Gasteiger partial charge is 0.266 e. The molecule has 0 atom stereocenters. The first-order valence-electron chi connectivity index (χ1n) is 4.75. The second kappa shape index (κ2) is 5.16. The summed E-state index contributed by atoms with van der Waals surface area (Å²) in [6.45, 7) is 1.87. The molecule has 3 nitrogen and oxygen atoms in total. The van der Waals surface area contributed by atoms with Crippen molar-refractivity contribution < 1.29 is 4.79 Å². The molecule has 0 aliphatic heterocycles. The number of halogens is 2. The van der Waals surface area contributed by atoms with Crippen molar-refractivity contribution in [3.63, 3.8) is 0 Å². The fourth-order valence-electron chi connectivity index (χ4n) is 1.30. The lowest BCUT2D eigenvalue weighted by Gasteiger charge is -2.08. The van der Waals surface area contributed by atoms with E-state index < -0.39 is 0 Å². The zero-order chi connectivity index (χ0) is 12.4. The fraction of sp³-hybridized carbons (Fsp3) is 0.0909. The number of anilines is 1. The molecular formula is C11H8BrClN2OS. The molecule has 0 unspecified atom stereocenters. The molecule has 0 spiro atoms. The highest BCUT2D eigenvalue weighted by atomic mass is 79.9. The summed E-state index contributed by atoms with van der Waals surface area (Å²) in [7, 11) is 0. The number of pyridine rings is 1. The normalized spacial score (nSPS) is 10.3. The van der Waals surface area contributed by atoms with Gasteiger partial charge in [-0.05, 0) is 45.9 Å². The first kappa shape index (κ1) is 12.5. The van der Waals surface area contributed by atoms with Gasteiger partial charge < -0.3 is 5.32 Å². The third-order valence-corrected chi connectivity index (χ3v) is 4.30. The van der Waals surface area contributed by atoms with Crippen LogP contribution in [0.25, 0.3) is 0 Å². The lowest BCUT2D eigenvalue weighted by atomic mass is 10.2. The highest BCUT2D eigenvalue weighted by molar-refractivity contribution is 9.10. The van der Waals surface area contributed by atoms with E-state index in [0.717, 1.165) is 10.0 Å². The van der Waals surface area contributed by atoms with Gasteiger partial charge in [-0.15, -0.1) is 11.3 Å². The highest BCUT2D eigenvalue weighted by Gasteiger charge is 2.14. The summed E-state index contributed by atoms with van der Waals surface area (Å²) in [5, 5.41) is 4.91. The Morgan fingerprint density at radius 3 is 2.88 bits per heavy atom. The van der Waals surface area contributed by atoms with Crippen LogP contribution in [0.1, 0.15) is 15.2 Å². The Labute approximate surface area is 116 Å². The van der Waals surface area contributed by atoms with Crippen LogP contribution in [0.5, 0.6) is 0 Å². The molecule has 2 rings (SSSR count). The van der Waals surface area contributed by atoms with E-state index in [1.807, 2.05) is 18.4 Å². The van der Waals surface area contributed by atoms with Gasteiger partial charge in [0.1, 0.15) is 4.88 Å². The van der Waals surface area contributed by atoms with E-state index in [9.17, 15) is 4.79 Å². The van der Waals surface area contributed by atoms with E-state index in [-0.39, 0.29) is 5.91 Å². The maximum absolute atomic E-state index is 12.0. The van der Waals surface area contributed by atoms with Gasteiger partial charge in [-0.1, -0.05) is 11.6 Å². The number of hydrogen-bond acceptors (Lipinski definition) is 3. The molecule has 2 heterocycles. The van der Waals surface area contributed by atoms with E-state index >= 15 is 0 Å². The second-order valence-corrected chi connectivity index (χ2v) is 5.47. The number of rotatable bonds is 2. The largest absolute Gasteiger partial charge is 0.318 e. The van der Waals surface area contributed by atoms with Gasteiger partial charge in [0, 0.05) is 10.7 Å². The Morgan fingerprint density at radius 1 is 1.53 bits per heavy atom. The first-order valence-corrected chi connectivity index (χ1v) is 6.80. The summed E-state index contributed by atoms with van der Waals surface area (Å²) in [5.41, 5.74) is 1.44. The summed E-state index contributed by atoms with van der Waals surface area (Å²) >= 11 is 10.6. The molecule has 17 heavy (non-hydrogen) atoms. The van der Waals surface area contributed by atoms with Gasteiger partial charge in [0.2, 0.25) is 0 Å². The van der Waals surface area contributed by atoms with E-state index in [4.69, 9.17) is 11.6 Å². The van der Waals surface area contributed by atoms with Crippen molar-refractivity contribution in [2.45, 2.75) is 6.92 Å². The predicted octanol–water partition coefficient (Wildman–Crippen LogP) is 4.12. The Balaban J connectivity index is 2.28. The summed E-state index contributed by atoms with van der Waals surface area (Å²) in [5.74, 6) is -0.190. The number of nitrogens with zero attached hydrogens (tertiary/aromatic N) is 1. The van der Waals surface area contributed by atoms with E-state index in [1.165, 1.54) is 11.3 Å². The highest BCUT2D eigenvalue weighted by Crippen LogP contribution is 2.27. The molecule has 0 aromatic carbocycles. The van der Waals surface area contributed by atoms with Crippen LogP contribution >= 0.6 is 38.9 Å². The number of aromatic nitrogens is 1. The van der Waals surface area contributed by atoms with Crippen LogP contribution in [0.2, 0.25) is 5.15 Å². The van der Waals surface area contributed by atoms with Gasteiger partial charge in [0.05, 0.1) is 5.69 Å². The molecule has 0 aliphatic rings.